The average Bonchev–Trinajstić information content (AvgIpc) is 2.35. The van der Waals surface area contributed by atoms with Gasteiger partial charge in [0.25, 0.3) is 0 Å². The summed E-state index contributed by atoms with van der Waals surface area (Å²) in [6.07, 6.45) is 0. The van der Waals surface area contributed by atoms with Gasteiger partial charge >= 0.3 is 0 Å². The Bertz CT molecular complexity index is 259. The Morgan fingerprint density at radius 1 is 1.75 bits per heavy atom. The zero-order chi connectivity index (χ0) is 9.19. The van der Waals surface area contributed by atoms with Crippen LogP contribution >= 0.6 is 22.9 Å². The molecule has 0 saturated heterocycles. The van der Waals surface area contributed by atoms with Gasteiger partial charge in [0.2, 0.25) is 0 Å². The minimum Gasteiger partial charge on any atom is -0.383 e. The Balaban J connectivity index is 2.88. The molecule has 0 aliphatic heterocycles. The van der Waals surface area contributed by atoms with Crippen LogP contribution in [0.5, 0.6) is 0 Å². The lowest BCUT2D eigenvalue weighted by Crippen LogP contribution is -2.32. The van der Waals surface area contributed by atoms with Crippen LogP contribution in [-0.4, -0.2) is 18.7 Å². The molecule has 4 heteroatoms. The Kier molecular flexibility index (Phi) is 3.12. The molecule has 0 bridgehead atoms. The van der Waals surface area contributed by atoms with Gasteiger partial charge in [-0.15, -0.1) is 11.3 Å². The minimum absolute atomic E-state index is 0.507. The van der Waals surface area contributed by atoms with Gasteiger partial charge in [-0.25, -0.2) is 0 Å². The first-order chi connectivity index (χ1) is 5.58. The molecular formula is C8H12ClNOS. The SMILES string of the molecule is CNCC(C)(O)c1sccc1Cl. The molecule has 68 valence electrons. The first-order valence-electron chi connectivity index (χ1n) is 3.68. The molecule has 0 spiro atoms. The normalized spacial score (nSPS) is 16.0. The van der Waals surface area contributed by atoms with E-state index in [1.807, 2.05) is 5.38 Å². The van der Waals surface area contributed by atoms with Gasteiger partial charge < -0.3 is 10.4 Å². The summed E-state index contributed by atoms with van der Waals surface area (Å²) >= 11 is 7.36. The molecule has 0 fully saturated rings. The van der Waals surface area contributed by atoms with Gasteiger partial charge in [0, 0.05) is 6.54 Å². The highest BCUT2D eigenvalue weighted by Crippen LogP contribution is 2.32. The molecule has 0 saturated carbocycles. The highest BCUT2D eigenvalue weighted by Gasteiger charge is 2.25. The van der Waals surface area contributed by atoms with Crippen molar-refractivity contribution in [1.82, 2.24) is 5.32 Å². The van der Waals surface area contributed by atoms with Crippen molar-refractivity contribution < 1.29 is 5.11 Å². The number of hydrogen-bond acceptors (Lipinski definition) is 3. The second kappa shape index (κ2) is 3.75. The number of halogens is 1. The van der Waals surface area contributed by atoms with E-state index in [1.54, 1.807) is 20.0 Å². The molecule has 0 amide bonds. The lowest BCUT2D eigenvalue weighted by Gasteiger charge is -2.21. The van der Waals surface area contributed by atoms with E-state index in [0.29, 0.717) is 11.6 Å². The molecule has 12 heavy (non-hydrogen) atoms. The summed E-state index contributed by atoms with van der Waals surface area (Å²) < 4.78 is 0. The van der Waals surface area contributed by atoms with Crippen LogP contribution in [0.1, 0.15) is 11.8 Å². The van der Waals surface area contributed by atoms with Crippen LogP contribution in [-0.2, 0) is 5.60 Å². The molecule has 1 atom stereocenters. The number of nitrogens with one attached hydrogen (secondary N) is 1. The average molecular weight is 206 g/mol. The molecule has 2 N–H and O–H groups in total. The highest BCUT2D eigenvalue weighted by molar-refractivity contribution is 7.10. The third kappa shape index (κ3) is 1.98. The maximum atomic E-state index is 9.92. The Labute approximate surface area is 81.2 Å². The van der Waals surface area contributed by atoms with E-state index in [4.69, 9.17) is 11.6 Å². The summed E-state index contributed by atoms with van der Waals surface area (Å²) in [5.74, 6) is 0. The van der Waals surface area contributed by atoms with Crippen molar-refractivity contribution in [3.8, 4) is 0 Å². The molecule has 1 unspecified atom stereocenters. The number of aliphatic hydroxyl groups is 1. The van der Waals surface area contributed by atoms with Gasteiger partial charge in [0.05, 0.1) is 9.90 Å². The van der Waals surface area contributed by atoms with E-state index in [1.165, 1.54) is 11.3 Å². The largest absolute Gasteiger partial charge is 0.383 e. The molecule has 0 aromatic carbocycles. The van der Waals surface area contributed by atoms with Gasteiger partial charge in [-0.1, -0.05) is 11.6 Å². The van der Waals surface area contributed by atoms with Crippen molar-refractivity contribution in [2.75, 3.05) is 13.6 Å². The van der Waals surface area contributed by atoms with E-state index in [0.717, 1.165) is 4.88 Å². The van der Waals surface area contributed by atoms with Gasteiger partial charge in [-0.05, 0) is 25.4 Å². The summed E-state index contributed by atoms with van der Waals surface area (Å²) in [5, 5.41) is 15.4. The first-order valence-corrected chi connectivity index (χ1v) is 4.94. The molecule has 0 aliphatic rings. The molecule has 1 aromatic heterocycles. The minimum atomic E-state index is -0.861. The van der Waals surface area contributed by atoms with Crippen molar-refractivity contribution in [1.29, 1.82) is 0 Å². The predicted octanol–water partition coefficient (Wildman–Crippen LogP) is 1.83. The van der Waals surface area contributed by atoms with Crippen molar-refractivity contribution in [2.45, 2.75) is 12.5 Å². The van der Waals surface area contributed by atoms with E-state index in [2.05, 4.69) is 5.32 Å². The van der Waals surface area contributed by atoms with Crippen molar-refractivity contribution >= 4 is 22.9 Å². The third-order valence-electron chi connectivity index (χ3n) is 1.63. The zero-order valence-electron chi connectivity index (χ0n) is 7.10. The van der Waals surface area contributed by atoms with Gasteiger partial charge in [-0.2, -0.15) is 0 Å². The molecule has 0 radical (unpaired) electrons. The Morgan fingerprint density at radius 3 is 2.83 bits per heavy atom. The van der Waals surface area contributed by atoms with Crippen molar-refractivity contribution in [3.63, 3.8) is 0 Å². The molecule has 1 aromatic rings. The van der Waals surface area contributed by atoms with Crippen LogP contribution in [0, 0.1) is 0 Å². The third-order valence-corrected chi connectivity index (χ3v) is 3.22. The topological polar surface area (TPSA) is 32.3 Å². The van der Waals surface area contributed by atoms with Crippen LogP contribution in [0.15, 0.2) is 11.4 Å². The highest BCUT2D eigenvalue weighted by atomic mass is 35.5. The van der Waals surface area contributed by atoms with Crippen LogP contribution in [0.3, 0.4) is 0 Å². The number of rotatable bonds is 3. The molecule has 2 nitrogen and oxygen atoms in total. The molecule has 1 heterocycles. The monoisotopic (exact) mass is 205 g/mol. The molecular weight excluding hydrogens is 194 g/mol. The standard InChI is InChI=1S/C8H12ClNOS/c1-8(11,5-10-2)7-6(9)3-4-12-7/h3-4,10-11H,5H2,1-2H3. The number of thiophene rings is 1. The smallest absolute Gasteiger partial charge is 0.110 e. The fourth-order valence-electron chi connectivity index (χ4n) is 1.10. The second-order valence-corrected chi connectivity index (χ2v) is 4.23. The fourth-order valence-corrected chi connectivity index (χ4v) is 2.42. The Hall–Kier alpha value is -0.0900. The van der Waals surface area contributed by atoms with Gasteiger partial charge in [0.1, 0.15) is 5.60 Å². The second-order valence-electron chi connectivity index (χ2n) is 2.90. The van der Waals surface area contributed by atoms with E-state index in [9.17, 15) is 5.11 Å². The molecule has 1 rings (SSSR count). The zero-order valence-corrected chi connectivity index (χ0v) is 8.67. The van der Waals surface area contributed by atoms with Crippen LogP contribution < -0.4 is 5.32 Å². The van der Waals surface area contributed by atoms with E-state index < -0.39 is 5.60 Å². The maximum absolute atomic E-state index is 9.92. The summed E-state index contributed by atoms with van der Waals surface area (Å²) in [5.41, 5.74) is -0.861. The van der Waals surface area contributed by atoms with E-state index >= 15 is 0 Å². The fraction of sp³-hybridized carbons (Fsp3) is 0.500. The lowest BCUT2D eigenvalue weighted by molar-refractivity contribution is 0.0631. The summed E-state index contributed by atoms with van der Waals surface area (Å²) in [6, 6.07) is 1.80. The van der Waals surface area contributed by atoms with Crippen LogP contribution in [0.2, 0.25) is 5.02 Å². The maximum Gasteiger partial charge on any atom is 0.110 e. The molecule has 0 aliphatic carbocycles. The number of hydrogen-bond donors (Lipinski definition) is 2. The van der Waals surface area contributed by atoms with Gasteiger partial charge in [-0.3, -0.25) is 0 Å². The summed E-state index contributed by atoms with van der Waals surface area (Å²) in [4.78, 5) is 0.818. The summed E-state index contributed by atoms with van der Waals surface area (Å²) in [7, 11) is 1.80. The van der Waals surface area contributed by atoms with Gasteiger partial charge in [0.15, 0.2) is 0 Å². The van der Waals surface area contributed by atoms with Crippen LogP contribution in [0.4, 0.5) is 0 Å². The quantitative estimate of drug-likeness (QED) is 0.789. The van der Waals surface area contributed by atoms with E-state index in [-0.39, 0.29) is 0 Å². The van der Waals surface area contributed by atoms with Crippen molar-refractivity contribution in [3.05, 3.63) is 21.3 Å². The van der Waals surface area contributed by atoms with Crippen LogP contribution in [0.25, 0.3) is 0 Å². The predicted molar refractivity (Wildman–Crippen MR) is 52.8 cm³/mol. The van der Waals surface area contributed by atoms with Crippen molar-refractivity contribution in [2.24, 2.45) is 0 Å². The first kappa shape index (κ1) is 9.99. The summed E-state index contributed by atoms with van der Waals surface area (Å²) in [6.45, 7) is 2.26. The number of likely N-dealkylation sites (N-methyl/N-ethyl adjacent to an activating group) is 1. The Morgan fingerprint density at radius 2 is 2.42 bits per heavy atom. The lowest BCUT2D eigenvalue weighted by atomic mass is 10.1.